The Kier molecular flexibility index (Phi) is 6.05. The Balaban J connectivity index is 1.50. The molecule has 2 heterocycles. The Bertz CT molecular complexity index is 1380. The van der Waals surface area contributed by atoms with Crippen LogP contribution in [0.1, 0.15) is 49.8 Å². The van der Waals surface area contributed by atoms with Crippen molar-refractivity contribution in [3.63, 3.8) is 0 Å². The summed E-state index contributed by atoms with van der Waals surface area (Å²) in [7, 11) is 0. The number of aliphatic carboxylic acids is 1. The van der Waals surface area contributed by atoms with Crippen LogP contribution in [0, 0.1) is 5.41 Å². The molecule has 0 saturated carbocycles. The van der Waals surface area contributed by atoms with Gasteiger partial charge in [-0.25, -0.2) is 0 Å². The lowest BCUT2D eigenvalue weighted by atomic mass is 9.80. The number of H-pyrrole nitrogens is 1. The van der Waals surface area contributed by atoms with E-state index < -0.39 is 5.97 Å². The number of benzene rings is 2. The van der Waals surface area contributed by atoms with Gasteiger partial charge in [0.1, 0.15) is 12.4 Å². The van der Waals surface area contributed by atoms with Crippen molar-refractivity contribution in [3.8, 4) is 16.2 Å². The number of aromatic nitrogens is 1. The van der Waals surface area contributed by atoms with Gasteiger partial charge in [0.25, 0.3) is 0 Å². The summed E-state index contributed by atoms with van der Waals surface area (Å²) in [4.78, 5) is 15.6. The lowest BCUT2D eigenvalue weighted by molar-refractivity contribution is -0.136. The van der Waals surface area contributed by atoms with E-state index in [0.29, 0.717) is 13.0 Å². The Labute approximate surface area is 203 Å². The number of thiophene rings is 1. The van der Waals surface area contributed by atoms with Crippen LogP contribution in [-0.2, 0) is 17.8 Å². The van der Waals surface area contributed by atoms with Crippen LogP contribution in [0.4, 0.5) is 0 Å². The molecule has 0 saturated heterocycles. The van der Waals surface area contributed by atoms with E-state index >= 15 is 0 Å². The van der Waals surface area contributed by atoms with Crippen molar-refractivity contribution < 1.29 is 14.6 Å². The van der Waals surface area contributed by atoms with Crippen molar-refractivity contribution in [2.75, 3.05) is 0 Å². The van der Waals surface area contributed by atoms with Gasteiger partial charge in [0.2, 0.25) is 0 Å². The fourth-order valence-corrected chi connectivity index (χ4v) is 6.02. The van der Waals surface area contributed by atoms with Gasteiger partial charge >= 0.3 is 5.97 Å². The van der Waals surface area contributed by atoms with Gasteiger partial charge in [-0.05, 0) is 65.5 Å². The van der Waals surface area contributed by atoms with Crippen molar-refractivity contribution in [1.29, 1.82) is 0 Å². The van der Waals surface area contributed by atoms with Gasteiger partial charge in [-0.2, -0.15) is 0 Å². The average molecular weight is 472 g/mol. The molecule has 2 N–H and O–H groups in total. The fraction of sp³-hybridized carbons (Fsp3) is 0.276. The molecule has 0 bridgehead atoms. The Morgan fingerprint density at radius 3 is 2.82 bits per heavy atom. The largest absolute Gasteiger partial charge is 0.489 e. The molecular formula is C29H29NO3S. The smallest absolute Gasteiger partial charge is 0.303 e. The van der Waals surface area contributed by atoms with Crippen molar-refractivity contribution in [3.05, 3.63) is 82.9 Å². The second kappa shape index (κ2) is 9.15. The molecule has 4 aromatic rings. The molecule has 5 rings (SSSR count). The maximum Gasteiger partial charge on any atom is 0.303 e. The van der Waals surface area contributed by atoms with Crippen molar-refractivity contribution in [2.45, 2.75) is 46.1 Å². The van der Waals surface area contributed by atoms with Crippen LogP contribution in [0.2, 0.25) is 0 Å². The molecule has 0 spiro atoms. The summed E-state index contributed by atoms with van der Waals surface area (Å²) in [5.74, 6) is -0.0133. The van der Waals surface area contributed by atoms with Crippen molar-refractivity contribution in [2.24, 2.45) is 5.41 Å². The molecule has 1 aliphatic rings. The summed E-state index contributed by atoms with van der Waals surface area (Å²) in [6, 6.07) is 16.4. The van der Waals surface area contributed by atoms with Crippen molar-refractivity contribution >= 4 is 33.8 Å². The molecule has 4 nitrogen and oxygen atoms in total. The molecule has 0 fully saturated rings. The second-order valence-corrected chi connectivity index (χ2v) is 10.5. The highest BCUT2D eigenvalue weighted by Crippen LogP contribution is 2.50. The average Bonchev–Trinajstić information content (AvgIpc) is 3.54. The molecule has 2 aromatic heterocycles. The number of hydrogen-bond acceptors (Lipinski definition) is 3. The normalized spacial score (nSPS) is 14.9. The predicted molar refractivity (Wildman–Crippen MR) is 139 cm³/mol. The number of aryl methyl sites for hydroxylation is 1. The number of ether oxygens (including phenoxy) is 1. The molecule has 0 unspecified atom stereocenters. The molecule has 0 amide bonds. The summed E-state index contributed by atoms with van der Waals surface area (Å²) in [6.45, 7) is 5.15. The molecule has 0 radical (unpaired) electrons. The lowest BCUT2D eigenvalue weighted by Gasteiger charge is -2.24. The fourth-order valence-electron chi connectivity index (χ4n) is 4.91. The molecule has 0 atom stereocenters. The van der Waals surface area contributed by atoms with E-state index in [1.807, 2.05) is 30.5 Å². The second-order valence-electron chi connectivity index (χ2n) is 9.58. The first-order valence-corrected chi connectivity index (χ1v) is 12.6. The third kappa shape index (κ3) is 4.40. The molecule has 2 aromatic carbocycles. The van der Waals surface area contributed by atoms with Crippen LogP contribution in [0.3, 0.4) is 0 Å². The van der Waals surface area contributed by atoms with Crippen molar-refractivity contribution in [1.82, 2.24) is 4.98 Å². The lowest BCUT2D eigenvalue weighted by Crippen LogP contribution is -2.11. The number of nitrogens with one attached hydrogen (secondary N) is 1. The zero-order valence-corrected chi connectivity index (χ0v) is 20.4. The number of allylic oxidation sites excluding steroid dienone is 2. The number of hydrogen-bond donors (Lipinski definition) is 2. The zero-order chi connectivity index (χ0) is 23.7. The van der Waals surface area contributed by atoms with Gasteiger partial charge < -0.3 is 14.8 Å². The van der Waals surface area contributed by atoms with Gasteiger partial charge in [0.05, 0.1) is 0 Å². The molecule has 34 heavy (non-hydrogen) atoms. The Hall–Kier alpha value is -3.31. The Morgan fingerprint density at radius 1 is 1.18 bits per heavy atom. The summed E-state index contributed by atoms with van der Waals surface area (Å²) >= 11 is 1.78. The summed E-state index contributed by atoms with van der Waals surface area (Å²) in [5, 5.41) is 12.5. The molecular weight excluding hydrogens is 442 g/mol. The van der Waals surface area contributed by atoms with E-state index in [9.17, 15) is 4.79 Å². The van der Waals surface area contributed by atoms with Crippen LogP contribution >= 0.6 is 11.3 Å². The Morgan fingerprint density at radius 2 is 2.03 bits per heavy atom. The minimum absolute atomic E-state index is 0.118. The SMILES string of the molecule is CC1(C)CCC=C1c1c(COc2cccc(CCC(=O)O)c2)csc1-c1cccc2[nH]ccc12. The first-order valence-electron chi connectivity index (χ1n) is 11.7. The molecule has 174 valence electrons. The third-order valence-electron chi connectivity index (χ3n) is 6.74. The van der Waals surface area contributed by atoms with Gasteiger partial charge in [0, 0.05) is 45.1 Å². The first kappa shape index (κ1) is 22.5. The highest BCUT2D eigenvalue weighted by atomic mass is 32.1. The van der Waals surface area contributed by atoms with Crippen LogP contribution in [0.15, 0.2) is 66.2 Å². The predicted octanol–water partition coefficient (Wildman–Crippen LogP) is 7.70. The zero-order valence-electron chi connectivity index (χ0n) is 19.6. The maximum absolute atomic E-state index is 10.9. The first-order chi connectivity index (χ1) is 16.4. The van der Waals surface area contributed by atoms with Gasteiger partial charge in [-0.3, -0.25) is 4.79 Å². The van der Waals surface area contributed by atoms with Crippen LogP contribution < -0.4 is 4.74 Å². The van der Waals surface area contributed by atoms with E-state index in [1.165, 1.54) is 32.5 Å². The molecule has 1 aliphatic carbocycles. The number of aromatic amines is 1. The van der Waals surface area contributed by atoms with Gasteiger partial charge in [-0.1, -0.05) is 44.2 Å². The number of carboxylic acid groups (broad SMARTS) is 1. The number of carboxylic acids is 1. The third-order valence-corrected chi connectivity index (χ3v) is 7.81. The van der Waals surface area contributed by atoms with E-state index in [-0.39, 0.29) is 11.8 Å². The van der Waals surface area contributed by atoms with Crippen LogP contribution in [0.5, 0.6) is 5.75 Å². The summed E-state index contributed by atoms with van der Waals surface area (Å²) in [5.41, 5.74) is 7.41. The molecule has 0 aliphatic heterocycles. The van der Waals surface area contributed by atoms with E-state index in [1.54, 1.807) is 11.3 Å². The van der Waals surface area contributed by atoms with Crippen LogP contribution in [0.25, 0.3) is 26.9 Å². The highest BCUT2D eigenvalue weighted by Gasteiger charge is 2.32. The monoisotopic (exact) mass is 471 g/mol. The number of carbonyl (C=O) groups is 1. The highest BCUT2D eigenvalue weighted by molar-refractivity contribution is 7.14. The van der Waals surface area contributed by atoms with E-state index in [4.69, 9.17) is 9.84 Å². The van der Waals surface area contributed by atoms with E-state index in [0.717, 1.165) is 29.7 Å². The minimum atomic E-state index is -0.785. The van der Waals surface area contributed by atoms with E-state index in [2.05, 4.69) is 54.6 Å². The van der Waals surface area contributed by atoms with Crippen LogP contribution in [-0.4, -0.2) is 16.1 Å². The number of fused-ring (bicyclic) bond motifs is 1. The topological polar surface area (TPSA) is 62.3 Å². The quantitative estimate of drug-likeness (QED) is 0.277. The number of rotatable bonds is 8. The van der Waals surface area contributed by atoms with Gasteiger partial charge in [-0.15, -0.1) is 11.3 Å². The summed E-state index contributed by atoms with van der Waals surface area (Å²) < 4.78 is 6.26. The maximum atomic E-state index is 10.9. The minimum Gasteiger partial charge on any atom is -0.489 e. The van der Waals surface area contributed by atoms with Gasteiger partial charge in [0.15, 0.2) is 0 Å². The molecule has 5 heteroatoms. The standard InChI is InChI=1S/C29H29NO3S/c1-29(2)14-5-9-24(29)27-20(17-33-21-7-3-6-19(16-21)11-12-26(31)32)18-34-28(27)23-8-4-10-25-22(23)13-15-30-25/h3-4,6-10,13,15-16,18,30H,5,11-12,14,17H2,1-2H3,(H,31,32). The summed E-state index contributed by atoms with van der Waals surface area (Å²) in [6.07, 6.45) is 7.27.